The van der Waals surface area contributed by atoms with Crippen molar-refractivity contribution < 1.29 is 23.5 Å². The number of hydrogen-bond acceptors (Lipinski definition) is 5. The molecule has 3 rings (SSSR count). The van der Waals surface area contributed by atoms with Crippen LogP contribution >= 0.6 is 0 Å². The number of furan rings is 1. The first-order valence-corrected chi connectivity index (χ1v) is 8.64. The van der Waals surface area contributed by atoms with Gasteiger partial charge >= 0.3 is 5.97 Å². The number of nitrogens with one attached hydrogen (secondary N) is 1. The molecule has 1 atom stereocenters. The SMILES string of the molecule is COC(=O)CC(C)NC(=O)c1oc2ccccc2c1COc1ccccc1. The van der Waals surface area contributed by atoms with Crippen molar-refractivity contribution in [2.45, 2.75) is 26.0 Å². The van der Waals surface area contributed by atoms with Crippen molar-refractivity contribution in [1.82, 2.24) is 5.32 Å². The van der Waals surface area contributed by atoms with Gasteiger partial charge < -0.3 is 19.2 Å². The number of fused-ring (bicyclic) bond motifs is 1. The fourth-order valence-corrected chi connectivity index (χ4v) is 2.77. The van der Waals surface area contributed by atoms with Crippen LogP contribution in [0, 0.1) is 0 Å². The van der Waals surface area contributed by atoms with Gasteiger partial charge in [0.2, 0.25) is 0 Å². The highest BCUT2D eigenvalue weighted by molar-refractivity contribution is 5.99. The lowest BCUT2D eigenvalue weighted by Crippen LogP contribution is -2.34. The molecule has 27 heavy (non-hydrogen) atoms. The number of ether oxygens (including phenoxy) is 2. The van der Waals surface area contributed by atoms with E-state index < -0.39 is 5.91 Å². The van der Waals surface area contributed by atoms with E-state index in [0.717, 1.165) is 5.39 Å². The van der Waals surface area contributed by atoms with Gasteiger partial charge in [0.1, 0.15) is 17.9 Å². The third-order valence-electron chi connectivity index (χ3n) is 4.11. The summed E-state index contributed by atoms with van der Waals surface area (Å²) in [6.07, 6.45) is 0.0817. The Morgan fingerprint density at radius 1 is 1.07 bits per heavy atom. The minimum absolute atomic E-state index is 0.0817. The summed E-state index contributed by atoms with van der Waals surface area (Å²) in [6.45, 7) is 1.92. The highest BCUT2D eigenvalue weighted by Gasteiger charge is 2.23. The Bertz CT molecular complexity index is 932. The maximum Gasteiger partial charge on any atom is 0.307 e. The highest BCUT2D eigenvalue weighted by atomic mass is 16.5. The minimum atomic E-state index is -0.394. The molecule has 6 heteroatoms. The number of benzene rings is 2. The van der Waals surface area contributed by atoms with Crippen molar-refractivity contribution in [2.75, 3.05) is 7.11 Å². The normalized spacial score (nSPS) is 11.8. The van der Waals surface area contributed by atoms with E-state index in [0.29, 0.717) is 16.9 Å². The number of methoxy groups -OCH3 is 1. The largest absolute Gasteiger partial charge is 0.489 e. The Morgan fingerprint density at radius 3 is 2.52 bits per heavy atom. The summed E-state index contributed by atoms with van der Waals surface area (Å²) in [5.74, 6) is 0.103. The van der Waals surface area contributed by atoms with Crippen LogP contribution < -0.4 is 10.1 Å². The van der Waals surface area contributed by atoms with Crippen LogP contribution in [0.25, 0.3) is 11.0 Å². The summed E-state index contributed by atoms with van der Waals surface area (Å²) < 4.78 is 16.2. The zero-order valence-corrected chi connectivity index (χ0v) is 15.2. The first-order valence-electron chi connectivity index (χ1n) is 8.64. The second-order valence-corrected chi connectivity index (χ2v) is 6.16. The monoisotopic (exact) mass is 367 g/mol. The molecule has 0 aliphatic rings. The van der Waals surface area contributed by atoms with Crippen LogP contribution in [0.5, 0.6) is 5.75 Å². The van der Waals surface area contributed by atoms with Crippen LogP contribution in [-0.2, 0) is 16.1 Å². The predicted molar refractivity (Wildman–Crippen MR) is 101 cm³/mol. The zero-order chi connectivity index (χ0) is 19.2. The summed E-state index contributed by atoms with van der Waals surface area (Å²) in [7, 11) is 1.31. The van der Waals surface area contributed by atoms with Gasteiger partial charge in [-0.05, 0) is 25.1 Å². The van der Waals surface area contributed by atoms with Gasteiger partial charge in [-0.25, -0.2) is 0 Å². The molecule has 3 aromatic rings. The highest BCUT2D eigenvalue weighted by Crippen LogP contribution is 2.27. The smallest absolute Gasteiger partial charge is 0.307 e. The lowest BCUT2D eigenvalue weighted by Gasteiger charge is -2.12. The van der Waals surface area contributed by atoms with Crippen LogP contribution in [0.1, 0.15) is 29.5 Å². The Hall–Kier alpha value is -3.28. The molecule has 140 valence electrons. The van der Waals surface area contributed by atoms with Gasteiger partial charge in [-0.1, -0.05) is 36.4 Å². The Morgan fingerprint density at radius 2 is 1.78 bits per heavy atom. The Balaban J connectivity index is 1.83. The minimum Gasteiger partial charge on any atom is -0.489 e. The van der Waals surface area contributed by atoms with Gasteiger partial charge in [-0.3, -0.25) is 9.59 Å². The van der Waals surface area contributed by atoms with Crippen LogP contribution in [-0.4, -0.2) is 25.0 Å². The number of esters is 1. The molecule has 0 bridgehead atoms. The summed E-state index contributed by atoms with van der Waals surface area (Å²) in [5, 5.41) is 3.59. The van der Waals surface area contributed by atoms with Gasteiger partial charge in [0, 0.05) is 17.0 Å². The standard InChI is InChI=1S/C21H21NO5/c1-14(12-19(23)25-2)22-21(24)20-17(13-26-15-8-4-3-5-9-15)16-10-6-7-11-18(16)27-20/h3-11,14H,12-13H2,1-2H3,(H,22,24). The maximum atomic E-state index is 12.7. The second kappa shape index (κ2) is 8.40. The summed E-state index contributed by atoms with van der Waals surface area (Å²) in [4.78, 5) is 24.1. The Kier molecular flexibility index (Phi) is 5.76. The summed E-state index contributed by atoms with van der Waals surface area (Å²) >= 11 is 0. The van der Waals surface area contributed by atoms with Crippen molar-refractivity contribution >= 4 is 22.8 Å². The first-order chi connectivity index (χ1) is 13.1. The van der Waals surface area contributed by atoms with Crippen molar-refractivity contribution in [2.24, 2.45) is 0 Å². The molecule has 0 saturated heterocycles. The third-order valence-corrected chi connectivity index (χ3v) is 4.11. The van der Waals surface area contributed by atoms with Gasteiger partial charge in [0.15, 0.2) is 5.76 Å². The third kappa shape index (κ3) is 4.47. The molecule has 1 heterocycles. The van der Waals surface area contributed by atoms with Gasteiger partial charge in [-0.2, -0.15) is 0 Å². The number of rotatable bonds is 7. The van der Waals surface area contributed by atoms with E-state index in [4.69, 9.17) is 9.15 Å². The van der Waals surface area contributed by atoms with Gasteiger partial charge in [0.05, 0.1) is 13.5 Å². The molecule has 1 unspecified atom stereocenters. The average Bonchev–Trinajstić information content (AvgIpc) is 3.05. The second-order valence-electron chi connectivity index (χ2n) is 6.16. The molecule has 0 radical (unpaired) electrons. The fourth-order valence-electron chi connectivity index (χ4n) is 2.77. The average molecular weight is 367 g/mol. The van der Waals surface area contributed by atoms with E-state index in [-0.39, 0.29) is 30.8 Å². The number of carbonyl (C=O) groups excluding carboxylic acids is 2. The molecule has 1 amide bonds. The predicted octanol–water partition coefficient (Wildman–Crippen LogP) is 3.69. The molecule has 2 aromatic carbocycles. The molecule has 0 saturated carbocycles. The lowest BCUT2D eigenvalue weighted by atomic mass is 10.1. The zero-order valence-electron chi connectivity index (χ0n) is 15.2. The molecule has 6 nitrogen and oxygen atoms in total. The van der Waals surface area contributed by atoms with Crippen molar-refractivity contribution in [3.63, 3.8) is 0 Å². The van der Waals surface area contributed by atoms with Crippen LogP contribution in [0.4, 0.5) is 0 Å². The summed E-state index contributed by atoms with van der Waals surface area (Å²) in [5.41, 5.74) is 1.27. The van der Waals surface area contributed by atoms with E-state index in [9.17, 15) is 9.59 Å². The Labute approximate surface area is 157 Å². The lowest BCUT2D eigenvalue weighted by molar-refractivity contribution is -0.141. The molecule has 0 fully saturated rings. The van der Waals surface area contributed by atoms with Crippen LogP contribution in [0.15, 0.2) is 59.0 Å². The van der Waals surface area contributed by atoms with Crippen LogP contribution in [0.2, 0.25) is 0 Å². The topological polar surface area (TPSA) is 77.8 Å². The van der Waals surface area contributed by atoms with Crippen molar-refractivity contribution in [3.8, 4) is 5.75 Å². The van der Waals surface area contributed by atoms with E-state index in [1.54, 1.807) is 13.0 Å². The summed E-state index contributed by atoms with van der Waals surface area (Å²) in [6, 6.07) is 16.4. The molecule has 1 N–H and O–H groups in total. The fraction of sp³-hybridized carbons (Fsp3) is 0.238. The van der Waals surface area contributed by atoms with E-state index in [1.165, 1.54) is 7.11 Å². The van der Waals surface area contributed by atoms with Crippen LogP contribution in [0.3, 0.4) is 0 Å². The molecule has 0 spiro atoms. The van der Waals surface area contributed by atoms with Gasteiger partial charge in [0.25, 0.3) is 5.91 Å². The molecular formula is C21H21NO5. The van der Waals surface area contributed by atoms with Crippen molar-refractivity contribution in [3.05, 3.63) is 65.9 Å². The van der Waals surface area contributed by atoms with E-state index >= 15 is 0 Å². The first kappa shape index (κ1) is 18.5. The number of amides is 1. The number of hydrogen-bond donors (Lipinski definition) is 1. The van der Waals surface area contributed by atoms with Crippen molar-refractivity contribution in [1.29, 1.82) is 0 Å². The maximum absolute atomic E-state index is 12.7. The molecular weight excluding hydrogens is 346 g/mol. The van der Waals surface area contributed by atoms with E-state index in [2.05, 4.69) is 10.1 Å². The molecule has 0 aliphatic carbocycles. The van der Waals surface area contributed by atoms with E-state index in [1.807, 2.05) is 48.5 Å². The number of para-hydroxylation sites is 2. The number of carbonyl (C=O) groups is 2. The quantitative estimate of drug-likeness (QED) is 0.645. The molecule has 1 aromatic heterocycles. The van der Waals surface area contributed by atoms with Gasteiger partial charge in [-0.15, -0.1) is 0 Å². The molecule has 0 aliphatic heterocycles.